The molecular formula is C19H24F2N4O. The molecule has 0 amide bonds. The quantitative estimate of drug-likeness (QED) is 0.560. The van der Waals surface area contributed by atoms with Gasteiger partial charge in [-0.05, 0) is 42.2 Å². The number of ether oxygens (including phenoxy) is 1. The number of benzene rings is 1. The number of hydrogen-bond donors (Lipinski definition) is 2. The first kappa shape index (κ1) is 19.6. The van der Waals surface area contributed by atoms with Crippen molar-refractivity contribution in [2.24, 2.45) is 4.99 Å². The summed E-state index contributed by atoms with van der Waals surface area (Å²) in [4.78, 5) is 8.35. The molecule has 0 aliphatic carbocycles. The van der Waals surface area contributed by atoms with E-state index in [1.165, 1.54) is 6.07 Å². The number of rotatable bonds is 8. The molecule has 1 aromatic carbocycles. The van der Waals surface area contributed by atoms with Crippen molar-refractivity contribution in [3.63, 3.8) is 0 Å². The molecule has 0 aliphatic heterocycles. The number of nitrogens with one attached hydrogen (secondary N) is 2. The number of nitrogens with zero attached hydrogens (tertiary/aromatic N) is 2. The third-order valence-electron chi connectivity index (χ3n) is 3.63. The zero-order valence-electron chi connectivity index (χ0n) is 15.1. The number of hydrogen-bond acceptors (Lipinski definition) is 3. The van der Waals surface area contributed by atoms with E-state index in [2.05, 4.69) is 20.6 Å². The molecule has 2 aromatic rings. The van der Waals surface area contributed by atoms with E-state index in [9.17, 15) is 8.78 Å². The van der Waals surface area contributed by atoms with Crippen molar-refractivity contribution in [3.05, 3.63) is 59.3 Å². The summed E-state index contributed by atoms with van der Waals surface area (Å²) in [6, 6.07) is 7.22. The lowest BCUT2D eigenvalue weighted by molar-refractivity contribution is 0.305. The van der Waals surface area contributed by atoms with Crippen LogP contribution in [-0.4, -0.2) is 31.1 Å². The molecule has 7 heteroatoms. The van der Waals surface area contributed by atoms with Crippen molar-refractivity contribution in [1.82, 2.24) is 15.6 Å². The van der Waals surface area contributed by atoms with Crippen LogP contribution in [0, 0.1) is 11.6 Å². The molecule has 0 fully saturated rings. The number of halogens is 2. The van der Waals surface area contributed by atoms with Crippen molar-refractivity contribution in [3.8, 4) is 5.88 Å². The first-order valence-corrected chi connectivity index (χ1v) is 8.58. The van der Waals surface area contributed by atoms with Crippen molar-refractivity contribution in [1.29, 1.82) is 0 Å². The first-order valence-electron chi connectivity index (χ1n) is 8.58. The van der Waals surface area contributed by atoms with Gasteiger partial charge in [-0.25, -0.2) is 13.8 Å². The van der Waals surface area contributed by atoms with Crippen molar-refractivity contribution in [2.45, 2.75) is 26.3 Å². The Kier molecular flexibility index (Phi) is 7.79. The average molecular weight is 362 g/mol. The van der Waals surface area contributed by atoms with Crippen molar-refractivity contribution < 1.29 is 13.5 Å². The van der Waals surface area contributed by atoms with E-state index in [1.807, 2.05) is 19.1 Å². The molecule has 1 aromatic heterocycles. The van der Waals surface area contributed by atoms with E-state index >= 15 is 0 Å². The maximum atomic E-state index is 13.6. The van der Waals surface area contributed by atoms with Crippen molar-refractivity contribution >= 4 is 5.96 Å². The summed E-state index contributed by atoms with van der Waals surface area (Å²) < 4.78 is 32.2. The smallest absolute Gasteiger partial charge is 0.213 e. The predicted molar refractivity (Wildman–Crippen MR) is 98.3 cm³/mol. The first-order chi connectivity index (χ1) is 12.6. The van der Waals surface area contributed by atoms with Gasteiger partial charge in [0.05, 0.1) is 6.61 Å². The number of guanidine groups is 1. The largest absolute Gasteiger partial charge is 0.478 e. The molecule has 0 saturated heterocycles. The Balaban J connectivity index is 1.78. The molecule has 0 radical (unpaired) electrons. The summed E-state index contributed by atoms with van der Waals surface area (Å²) >= 11 is 0. The van der Waals surface area contributed by atoms with Gasteiger partial charge in [0.25, 0.3) is 0 Å². The summed E-state index contributed by atoms with van der Waals surface area (Å²) in [6.07, 6.45) is 3.04. The van der Waals surface area contributed by atoms with Gasteiger partial charge in [-0.15, -0.1) is 0 Å². The lowest BCUT2D eigenvalue weighted by atomic mass is 10.1. The van der Waals surface area contributed by atoms with Crippen LogP contribution in [0.4, 0.5) is 8.78 Å². The molecule has 5 nitrogen and oxygen atoms in total. The molecule has 0 atom stereocenters. The number of pyridine rings is 1. The minimum Gasteiger partial charge on any atom is -0.478 e. The molecule has 140 valence electrons. The van der Waals surface area contributed by atoms with E-state index < -0.39 is 11.6 Å². The van der Waals surface area contributed by atoms with Crippen LogP contribution >= 0.6 is 0 Å². The molecule has 0 aliphatic rings. The molecule has 0 bridgehead atoms. The van der Waals surface area contributed by atoms with Gasteiger partial charge in [-0.1, -0.05) is 13.0 Å². The molecule has 2 rings (SSSR count). The average Bonchev–Trinajstić information content (AvgIpc) is 2.66. The zero-order chi connectivity index (χ0) is 18.8. The zero-order valence-corrected chi connectivity index (χ0v) is 15.1. The highest BCUT2D eigenvalue weighted by Gasteiger charge is 2.05. The Bertz CT molecular complexity index is 720. The van der Waals surface area contributed by atoms with E-state index in [-0.39, 0.29) is 0 Å². The number of aliphatic imine (C=N–C) groups is 1. The van der Waals surface area contributed by atoms with Gasteiger partial charge < -0.3 is 15.4 Å². The summed E-state index contributed by atoms with van der Waals surface area (Å²) in [6.45, 7) is 3.66. The summed E-state index contributed by atoms with van der Waals surface area (Å²) in [7, 11) is 1.65. The normalized spacial score (nSPS) is 11.3. The van der Waals surface area contributed by atoms with Crippen LogP contribution in [-0.2, 0) is 13.0 Å². The fourth-order valence-electron chi connectivity index (χ4n) is 2.26. The van der Waals surface area contributed by atoms with Gasteiger partial charge in [-0.2, -0.15) is 0 Å². The molecule has 0 unspecified atom stereocenters. The second-order valence-electron chi connectivity index (χ2n) is 5.69. The minimum absolute atomic E-state index is 0.333. The standard InChI is InChI=1S/C19H24F2N4O/c1-3-10-26-18-7-4-14(12-24-18)13-25-19(22-2)23-9-8-15-11-16(20)5-6-17(15)21/h4-7,11-12H,3,8-10,13H2,1-2H3,(H2,22,23,25). The third kappa shape index (κ3) is 6.31. The minimum atomic E-state index is -0.442. The maximum Gasteiger partial charge on any atom is 0.213 e. The Morgan fingerprint density at radius 3 is 2.73 bits per heavy atom. The maximum absolute atomic E-state index is 13.6. The van der Waals surface area contributed by atoms with Gasteiger partial charge in [0, 0.05) is 32.4 Å². The van der Waals surface area contributed by atoms with Crippen LogP contribution in [0.1, 0.15) is 24.5 Å². The van der Waals surface area contributed by atoms with Crippen LogP contribution in [0.5, 0.6) is 5.88 Å². The Labute approximate surface area is 152 Å². The van der Waals surface area contributed by atoms with E-state index in [1.54, 1.807) is 13.2 Å². The second-order valence-corrected chi connectivity index (χ2v) is 5.69. The number of aromatic nitrogens is 1. The van der Waals surface area contributed by atoms with Crippen LogP contribution in [0.3, 0.4) is 0 Å². The third-order valence-corrected chi connectivity index (χ3v) is 3.63. The van der Waals surface area contributed by atoms with Crippen LogP contribution in [0.25, 0.3) is 0 Å². The van der Waals surface area contributed by atoms with Gasteiger partial charge in [-0.3, -0.25) is 4.99 Å². The molecule has 1 heterocycles. The highest BCUT2D eigenvalue weighted by Crippen LogP contribution is 2.10. The molecule has 26 heavy (non-hydrogen) atoms. The SMILES string of the molecule is CCCOc1ccc(CNC(=NC)NCCc2cc(F)ccc2F)cn1. The Hall–Kier alpha value is -2.70. The predicted octanol–water partition coefficient (Wildman–Crippen LogP) is 3.06. The van der Waals surface area contributed by atoms with Gasteiger partial charge in [0.2, 0.25) is 5.88 Å². The van der Waals surface area contributed by atoms with Crippen LogP contribution in [0.15, 0.2) is 41.5 Å². The molecular weight excluding hydrogens is 338 g/mol. The Morgan fingerprint density at radius 1 is 1.19 bits per heavy atom. The topological polar surface area (TPSA) is 58.5 Å². The van der Waals surface area contributed by atoms with E-state index in [0.717, 1.165) is 24.1 Å². The lowest BCUT2D eigenvalue weighted by Gasteiger charge is -2.12. The van der Waals surface area contributed by atoms with Gasteiger partial charge in [0.15, 0.2) is 5.96 Å². The van der Waals surface area contributed by atoms with Gasteiger partial charge >= 0.3 is 0 Å². The molecule has 0 saturated carbocycles. The second kappa shape index (κ2) is 10.3. The summed E-state index contributed by atoms with van der Waals surface area (Å²) in [5.74, 6) is 0.332. The summed E-state index contributed by atoms with van der Waals surface area (Å²) in [5, 5.41) is 6.23. The lowest BCUT2D eigenvalue weighted by Crippen LogP contribution is -2.37. The van der Waals surface area contributed by atoms with E-state index in [0.29, 0.717) is 43.5 Å². The monoisotopic (exact) mass is 362 g/mol. The fraction of sp³-hybridized carbons (Fsp3) is 0.368. The Morgan fingerprint density at radius 2 is 2.04 bits per heavy atom. The van der Waals surface area contributed by atoms with Crippen LogP contribution < -0.4 is 15.4 Å². The van der Waals surface area contributed by atoms with Crippen LogP contribution in [0.2, 0.25) is 0 Å². The highest BCUT2D eigenvalue weighted by molar-refractivity contribution is 5.79. The molecule has 2 N–H and O–H groups in total. The highest BCUT2D eigenvalue weighted by atomic mass is 19.1. The molecule has 0 spiro atoms. The fourth-order valence-corrected chi connectivity index (χ4v) is 2.26. The van der Waals surface area contributed by atoms with E-state index in [4.69, 9.17) is 4.74 Å². The summed E-state index contributed by atoms with van der Waals surface area (Å²) in [5.41, 5.74) is 1.31. The van der Waals surface area contributed by atoms with Crippen molar-refractivity contribution in [2.75, 3.05) is 20.2 Å². The van der Waals surface area contributed by atoms with Gasteiger partial charge in [0.1, 0.15) is 11.6 Å².